The van der Waals surface area contributed by atoms with Gasteiger partial charge in [-0.05, 0) is 43.7 Å². The Morgan fingerprint density at radius 3 is 2.52 bits per heavy atom. The minimum absolute atomic E-state index is 0.0721. The van der Waals surface area contributed by atoms with Crippen LogP contribution in [0.3, 0.4) is 0 Å². The Hall–Kier alpha value is -1.55. The molecule has 4 heteroatoms. The van der Waals surface area contributed by atoms with Crippen LogP contribution in [-0.4, -0.2) is 35.6 Å². The molecule has 0 aromatic heterocycles. The van der Waals surface area contributed by atoms with E-state index >= 15 is 0 Å². The second-order valence-electron chi connectivity index (χ2n) is 8.21. The Morgan fingerprint density at radius 1 is 1.08 bits per heavy atom. The molecule has 1 spiro atoms. The number of carbonyl (C=O) groups excluding carboxylic acids is 1. The van der Waals surface area contributed by atoms with Crippen LogP contribution in [-0.2, 0) is 0 Å². The molecule has 0 unspecified atom stereocenters. The van der Waals surface area contributed by atoms with Crippen molar-refractivity contribution in [1.29, 1.82) is 0 Å². The van der Waals surface area contributed by atoms with Crippen LogP contribution in [0.2, 0.25) is 0 Å². The number of carbonyl (C=O) groups is 1. The lowest BCUT2D eigenvalue weighted by molar-refractivity contribution is 0.0665. The van der Waals surface area contributed by atoms with Gasteiger partial charge >= 0.3 is 0 Å². The molecule has 1 aliphatic carbocycles. The first-order valence-electron chi connectivity index (χ1n) is 10.1. The molecule has 0 radical (unpaired) electrons. The lowest BCUT2D eigenvalue weighted by Crippen LogP contribution is -2.63. The molecule has 1 amide bonds. The number of likely N-dealkylation sites (tertiary alicyclic amines) is 1. The smallest absolute Gasteiger partial charge is 0.255 e. The maximum atomic E-state index is 12.5. The van der Waals surface area contributed by atoms with Gasteiger partial charge in [-0.1, -0.05) is 31.9 Å². The van der Waals surface area contributed by atoms with Gasteiger partial charge in [0.15, 0.2) is 0 Å². The number of hydrogen-bond acceptors (Lipinski definition) is 3. The third-order valence-electron chi connectivity index (χ3n) is 6.58. The van der Waals surface area contributed by atoms with Gasteiger partial charge in [-0.25, -0.2) is 0 Å². The number of nitrogens with zero attached hydrogens (tertiary/aromatic N) is 1. The zero-order chi connectivity index (χ0) is 17.3. The molecule has 2 aliphatic heterocycles. The van der Waals surface area contributed by atoms with Gasteiger partial charge in [0, 0.05) is 37.7 Å². The van der Waals surface area contributed by atoms with Crippen molar-refractivity contribution in [2.45, 2.75) is 70.0 Å². The fourth-order valence-electron chi connectivity index (χ4n) is 5.09. The highest BCUT2D eigenvalue weighted by atomic mass is 16.2. The maximum absolute atomic E-state index is 12.5. The highest BCUT2D eigenvalue weighted by Crippen LogP contribution is 2.35. The van der Waals surface area contributed by atoms with Crippen LogP contribution in [0.1, 0.15) is 68.6 Å². The number of rotatable bonds is 3. The van der Waals surface area contributed by atoms with Crippen LogP contribution in [0.25, 0.3) is 0 Å². The molecule has 2 N–H and O–H groups in total. The van der Waals surface area contributed by atoms with E-state index in [1.807, 2.05) is 24.3 Å². The van der Waals surface area contributed by atoms with Gasteiger partial charge in [0.05, 0.1) is 5.56 Å². The van der Waals surface area contributed by atoms with Gasteiger partial charge in [-0.3, -0.25) is 4.79 Å². The summed E-state index contributed by atoms with van der Waals surface area (Å²) in [5, 5.41) is 6.89. The van der Waals surface area contributed by atoms with Gasteiger partial charge in [0.25, 0.3) is 5.91 Å². The predicted molar refractivity (Wildman–Crippen MR) is 102 cm³/mol. The van der Waals surface area contributed by atoms with Crippen molar-refractivity contribution in [3.63, 3.8) is 0 Å². The van der Waals surface area contributed by atoms with Crippen LogP contribution in [0.15, 0.2) is 24.3 Å². The third kappa shape index (κ3) is 3.41. The van der Waals surface area contributed by atoms with Crippen LogP contribution >= 0.6 is 0 Å². The molecule has 0 atom stereocenters. The lowest BCUT2D eigenvalue weighted by Gasteiger charge is -2.48. The molecule has 1 saturated heterocycles. The van der Waals surface area contributed by atoms with E-state index in [-0.39, 0.29) is 11.6 Å². The van der Waals surface area contributed by atoms with Crippen LogP contribution in [0.4, 0.5) is 5.69 Å². The minimum Gasteiger partial charge on any atom is -0.362 e. The number of hydrogen-bond donors (Lipinski definition) is 2. The van der Waals surface area contributed by atoms with Gasteiger partial charge in [0.1, 0.15) is 5.66 Å². The highest BCUT2D eigenvalue weighted by molar-refractivity contribution is 6.02. The average Bonchev–Trinajstić information content (AvgIpc) is 2.63. The second kappa shape index (κ2) is 6.99. The van der Waals surface area contributed by atoms with Crippen molar-refractivity contribution in [3.05, 3.63) is 29.8 Å². The van der Waals surface area contributed by atoms with E-state index < -0.39 is 0 Å². The molecule has 1 saturated carbocycles. The summed E-state index contributed by atoms with van der Waals surface area (Å²) >= 11 is 0. The van der Waals surface area contributed by atoms with E-state index in [1.165, 1.54) is 38.5 Å². The first kappa shape index (κ1) is 16.9. The van der Waals surface area contributed by atoms with Crippen LogP contribution in [0, 0.1) is 5.92 Å². The van der Waals surface area contributed by atoms with E-state index in [1.54, 1.807) is 0 Å². The fraction of sp³-hybridized carbons (Fsp3) is 0.667. The van der Waals surface area contributed by atoms with Gasteiger partial charge in [-0.2, -0.15) is 0 Å². The van der Waals surface area contributed by atoms with E-state index in [0.29, 0.717) is 0 Å². The second-order valence-corrected chi connectivity index (χ2v) is 8.21. The Bertz CT molecular complexity index is 613. The van der Waals surface area contributed by atoms with E-state index in [9.17, 15) is 4.79 Å². The maximum Gasteiger partial charge on any atom is 0.255 e. The Balaban J connectivity index is 1.35. The molecule has 0 bridgehead atoms. The summed E-state index contributed by atoms with van der Waals surface area (Å²) in [4.78, 5) is 15.2. The molecule has 4 rings (SSSR count). The summed E-state index contributed by atoms with van der Waals surface area (Å²) < 4.78 is 0. The Morgan fingerprint density at radius 2 is 1.80 bits per heavy atom. The van der Waals surface area contributed by atoms with Crippen molar-refractivity contribution in [2.24, 2.45) is 5.92 Å². The number of para-hydroxylation sites is 1. The van der Waals surface area contributed by atoms with E-state index in [4.69, 9.17) is 0 Å². The van der Waals surface area contributed by atoms with Crippen molar-refractivity contribution < 1.29 is 4.79 Å². The van der Waals surface area contributed by atoms with Gasteiger partial charge in [0.2, 0.25) is 0 Å². The number of fused-ring (bicyclic) bond motifs is 1. The molecule has 4 nitrogen and oxygen atoms in total. The molecular weight excluding hydrogens is 310 g/mol. The summed E-state index contributed by atoms with van der Waals surface area (Å²) in [5.41, 5.74) is 1.51. The first-order valence-corrected chi connectivity index (χ1v) is 10.1. The van der Waals surface area contributed by atoms with Crippen molar-refractivity contribution in [2.75, 3.05) is 18.4 Å². The largest absolute Gasteiger partial charge is 0.362 e. The zero-order valence-electron chi connectivity index (χ0n) is 15.4. The number of benzene rings is 1. The number of amides is 1. The predicted octanol–water partition coefficient (Wildman–Crippen LogP) is 3.99. The molecule has 25 heavy (non-hydrogen) atoms. The molecule has 1 aromatic carbocycles. The first-order chi connectivity index (χ1) is 12.2. The normalized spacial score (nSPS) is 28.9. The number of anilines is 1. The van der Waals surface area contributed by atoms with Crippen molar-refractivity contribution in [1.82, 2.24) is 10.2 Å². The van der Waals surface area contributed by atoms with Crippen molar-refractivity contribution >= 4 is 11.6 Å². The van der Waals surface area contributed by atoms with Crippen LogP contribution in [0.5, 0.6) is 0 Å². The summed E-state index contributed by atoms with van der Waals surface area (Å²) in [7, 11) is 0. The Kier molecular flexibility index (Phi) is 4.72. The van der Waals surface area contributed by atoms with Gasteiger partial charge < -0.3 is 15.5 Å². The summed E-state index contributed by atoms with van der Waals surface area (Å²) in [6.45, 7) is 4.47. The molecule has 2 heterocycles. The molecular formula is C21H31N3O. The zero-order valence-corrected chi connectivity index (χ0v) is 15.4. The highest BCUT2D eigenvalue weighted by Gasteiger charge is 2.41. The summed E-state index contributed by atoms with van der Waals surface area (Å²) in [5.74, 6) is 1.04. The molecule has 136 valence electrons. The van der Waals surface area contributed by atoms with Crippen LogP contribution < -0.4 is 10.6 Å². The Labute approximate surface area is 151 Å². The van der Waals surface area contributed by atoms with Gasteiger partial charge in [-0.15, -0.1) is 0 Å². The van der Waals surface area contributed by atoms with E-state index in [2.05, 4.69) is 22.5 Å². The quantitative estimate of drug-likeness (QED) is 0.873. The number of nitrogens with one attached hydrogen (secondary N) is 2. The fourth-order valence-corrected chi connectivity index (χ4v) is 5.09. The molecule has 1 aromatic rings. The monoisotopic (exact) mass is 341 g/mol. The topological polar surface area (TPSA) is 44.4 Å². The average molecular weight is 341 g/mol. The standard InChI is InChI=1S/C21H31N3O/c1-2-5-16-8-10-17(11-9-16)24-14-12-21(13-15-24)22-19-7-4-3-6-18(19)20(25)23-21/h3-4,6-7,16-17,22H,2,5,8-15H2,1H3,(H,23,25). The minimum atomic E-state index is -0.249. The summed E-state index contributed by atoms with van der Waals surface area (Å²) in [6, 6.07) is 8.61. The molecule has 2 fully saturated rings. The molecule has 3 aliphatic rings. The summed E-state index contributed by atoms with van der Waals surface area (Å²) in [6.07, 6.45) is 10.2. The third-order valence-corrected chi connectivity index (χ3v) is 6.58. The SMILES string of the molecule is CCCC1CCC(N2CCC3(CC2)NC(=O)c2ccccc2N3)CC1. The van der Waals surface area contributed by atoms with Crippen molar-refractivity contribution in [3.8, 4) is 0 Å². The van der Waals surface area contributed by atoms with E-state index in [0.717, 1.165) is 49.1 Å². The number of piperidine rings is 1. The lowest BCUT2D eigenvalue weighted by atomic mass is 9.82.